The smallest absolute Gasteiger partial charge is 0.276 e. The Hall–Kier alpha value is -2.65. The average Bonchev–Trinajstić information content (AvgIpc) is 3.12. The van der Waals surface area contributed by atoms with Crippen molar-refractivity contribution in [2.75, 3.05) is 6.54 Å². The van der Waals surface area contributed by atoms with E-state index >= 15 is 0 Å². The van der Waals surface area contributed by atoms with Crippen molar-refractivity contribution in [2.24, 2.45) is 7.05 Å². The molecule has 0 aliphatic carbocycles. The fourth-order valence-electron chi connectivity index (χ4n) is 3.63. The van der Waals surface area contributed by atoms with E-state index in [1.165, 1.54) is 4.31 Å². The van der Waals surface area contributed by atoms with Gasteiger partial charge in [-0.25, -0.2) is 8.42 Å². The Kier molecular flexibility index (Phi) is 4.74. The predicted octanol–water partition coefficient (Wildman–Crippen LogP) is 3.78. The highest BCUT2D eigenvalue weighted by molar-refractivity contribution is 7.89. The number of aryl methyl sites for hydroxylation is 1. The summed E-state index contributed by atoms with van der Waals surface area (Å²) in [5.74, 6) is -0.210. The molecule has 9 heteroatoms. The van der Waals surface area contributed by atoms with Gasteiger partial charge in [-0.15, -0.1) is 0 Å². The zero-order chi connectivity index (χ0) is 20.8. The van der Waals surface area contributed by atoms with E-state index in [2.05, 4.69) is 5.10 Å². The molecule has 0 saturated carbocycles. The number of rotatable bonds is 3. The fourth-order valence-corrected chi connectivity index (χ4v) is 5.06. The van der Waals surface area contributed by atoms with Crippen molar-refractivity contribution in [3.8, 4) is 0 Å². The first-order chi connectivity index (χ1) is 13.7. The Bertz CT molecular complexity index is 1140. The lowest BCUT2D eigenvalue weighted by molar-refractivity contribution is -0.137. The minimum absolute atomic E-state index is 0.158. The van der Waals surface area contributed by atoms with E-state index in [0.29, 0.717) is 0 Å². The summed E-state index contributed by atoms with van der Waals surface area (Å²) in [6, 6.07) is 11.2. The summed E-state index contributed by atoms with van der Waals surface area (Å²) in [6.07, 6.45) is -0.969. The first-order valence-corrected chi connectivity index (χ1v) is 10.3. The first-order valence-electron chi connectivity index (χ1n) is 8.90. The lowest BCUT2D eigenvalue weighted by Gasteiger charge is -2.33. The summed E-state index contributed by atoms with van der Waals surface area (Å²) in [5.41, 5.74) is 1.89. The summed E-state index contributed by atoms with van der Waals surface area (Å²) in [7, 11) is -2.18. The van der Waals surface area contributed by atoms with Crippen LogP contribution in [0.1, 0.15) is 28.2 Å². The second kappa shape index (κ2) is 7.00. The lowest BCUT2D eigenvalue weighted by Crippen LogP contribution is -2.38. The molecule has 0 fully saturated rings. The van der Waals surface area contributed by atoms with Crippen molar-refractivity contribution < 1.29 is 21.6 Å². The number of benzene rings is 2. The van der Waals surface area contributed by atoms with Gasteiger partial charge in [0.2, 0.25) is 10.0 Å². The van der Waals surface area contributed by atoms with E-state index in [1.54, 1.807) is 17.9 Å². The number of sulfonamides is 1. The SMILES string of the molecule is Cn1cc(C2CN(S(=O)(=O)c3ccc(C(F)(F)F)cc3)Cc3ccccc32)cn1. The van der Waals surface area contributed by atoms with E-state index < -0.39 is 21.8 Å². The van der Waals surface area contributed by atoms with Crippen LogP contribution in [0.2, 0.25) is 0 Å². The number of halogens is 3. The van der Waals surface area contributed by atoms with Crippen molar-refractivity contribution in [2.45, 2.75) is 23.5 Å². The van der Waals surface area contributed by atoms with Crippen LogP contribution in [0.25, 0.3) is 0 Å². The van der Waals surface area contributed by atoms with Crippen molar-refractivity contribution in [3.05, 3.63) is 83.2 Å². The molecule has 5 nitrogen and oxygen atoms in total. The highest BCUT2D eigenvalue weighted by Crippen LogP contribution is 2.36. The van der Waals surface area contributed by atoms with Gasteiger partial charge in [-0.1, -0.05) is 24.3 Å². The number of alkyl halides is 3. The van der Waals surface area contributed by atoms with E-state index in [1.807, 2.05) is 30.5 Å². The van der Waals surface area contributed by atoms with Crippen LogP contribution < -0.4 is 0 Å². The zero-order valence-corrected chi connectivity index (χ0v) is 16.3. The molecule has 2 heterocycles. The topological polar surface area (TPSA) is 55.2 Å². The molecule has 1 aliphatic heterocycles. The molecule has 29 heavy (non-hydrogen) atoms. The van der Waals surface area contributed by atoms with Crippen molar-refractivity contribution in [1.29, 1.82) is 0 Å². The standard InChI is InChI=1S/C20H18F3N3O2S/c1-25-11-15(10-24-25)19-13-26(12-14-4-2-3-5-18(14)19)29(27,28)17-8-6-16(7-9-17)20(21,22)23/h2-11,19H,12-13H2,1H3. The molecule has 0 radical (unpaired) electrons. The lowest BCUT2D eigenvalue weighted by atomic mass is 9.87. The molecular weight excluding hydrogens is 403 g/mol. The third-order valence-corrected chi connectivity index (χ3v) is 6.94. The number of hydrogen-bond acceptors (Lipinski definition) is 3. The van der Waals surface area contributed by atoms with E-state index in [0.717, 1.165) is 41.0 Å². The Balaban J connectivity index is 1.71. The summed E-state index contributed by atoms with van der Waals surface area (Å²) >= 11 is 0. The Morgan fingerprint density at radius 3 is 2.38 bits per heavy atom. The van der Waals surface area contributed by atoms with Crippen LogP contribution in [0.15, 0.2) is 65.8 Å². The Labute approximate surface area is 166 Å². The normalized spacial score (nSPS) is 17.9. The minimum atomic E-state index is -4.52. The Morgan fingerprint density at radius 2 is 1.76 bits per heavy atom. The number of aromatic nitrogens is 2. The highest BCUT2D eigenvalue weighted by Gasteiger charge is 2.35. The van der Waals surface area contributed by atoms with Gasteiger partial charge in [0.15, 0.2) is 0 Å². The monoisotopic (exact) mass is 421 g/mol. The van der Waals surface area contributed by atoms with Gasteiger partial charge in [0.05, 0.1) is 16.7 Å². The van der Waals surface area contributed by atoms with Crippen LogP contribution in [0.4, 0.5) is 13.2 Å². The third kappa shape index (κ3) is 3.67. The van der Waals surface area contributed by atoms with Gasteiger partial charge in [0, 0.05) is 32.3 Å². The van der Waals surface area contributed by atoms with Gasteiger partial charge >= 0.3 is 6.18 Å². The van der Waals surface area contributed by atoms with Crippen LogP contribution in [0.5, 0.6) is 0 Å². The number of hydrogen-bond donors (Lipinski definition) is 0. The van der Waals surface area contributed by atoms with Gasteiger partial charge in [-0.3, -0.25) is 4.68 Å². The second-order valence-corrected chi connectivity index (χ2v) is 8.96. The average molecular weight is 421 g/mol. The summed E-state index contributed by atoms with van der Waals surface area (Å²) in [6.45, 7) is 0.350. The summed E-state index contributed by atoms with van der Waals surface area (Å²) in [5, 5.41) is 4.18. The van der Waals surface area contributed by atoms with Crippen LogP contribution in [-0.4, -0.2) is 29.0 Å². The maximum Gasteiger partial charge on any atom is 0.416 e. The fraction of sp³-hybridized carbons (Fsp3) is 0.250. The summed E-state index contributed by atoms with van der Waals surface area (Å²) < 4.78 is 67.7. The van der Waals surface area contributed by atoms with Gasteiger partial charge in [0.25, 0.3) is 0 Å². The van der Waals surface area contributed by atoms with E-state index in [9.17, 15) is 21.6 Å². The zero-order valence-electron chi connectivity index (χ0n) is 15.5. The van der Waals surface area contributed by atoms with Crippen molar-refractivity contribution >= 4 is 10.0 Å². The van der Waals surface area contributed by atoms with Gasteiger partial charge in [0.1, 0.15) is 0 Å². The molecule has 1 aliphatic rings. The predicted molar refractivity (Wildman–Crippen MR) is 101 cm³/mol. The van der Waals surface area contributed by atoms with Crippen LogP contribution in [-0.2, 0) is 29.8 Å². The third-order valence-electron chi connectivity index (χ3n) is 5.11. The quantitative estimate of drug-likeness (QED) is 0.647. The molecule has 1 atom stereocenters. The number of fused-ring (bicyclic) bond motifs is 1. The number of nitrogens with zero attached hydrogens (tertiary/aromatic N) is 3. The summed E-state index contributed by atoms with van der Waals surface area (Å²) in [4.78, 5) is -0.158. The molecule has 3 aromatic rings. The minimum Gasteiger partial charge on any atom is -0.276 e. The molecule has 0 bridgehead atoms. The van der Waals surface area contributed by atoms with Crippen molar-refractivity contribution in [1.82, 2.24) is 14.1 Å². The van der Waals surface area contributed by atoms with Crippen LogP contribution in [0, 0.1) is 0 Å². The second-order valence-electron chi connectivity index (χ2n) is 7.02. The van der Waals surface area contributed by atoms with Gasteiger partial charge in [-0.05, 0) is 41.0 Å². The highest BCUT2D eigenvalue weighted by atomic mass is 32.2. The molecule has 1 unspecified atom stereocenters. The Morgan fingerprint density at radius 1 is 1.07 bits per heavy atom. The molecule has 1 aromatic heterocycles. The molecule has 0 N–H and O–H groups in total. The van der Waals surface area contributed by atoms with E-state index in [4.69, 9.17) is 0 Å². The van der Waals surface area contributed by atoms with E-state index in [-0.39, 0.29) is 23.9 Å². The molecule has 0 spiro atoms. The maximum absolute atomic E-state index is 13.2. The molecule has 0 saturated heterocycles. The van der Waals surface area contributed by atoms with Crippen LogP contribution >= 0.6 is 0 Å². The van der Waals surface area contributed by atoms with Gasteiger partial charge < -0.3 is 0 Å². The van der Waals surface area contributed by atoms with Crippen molar-refractivity contribution in [3.63, 3.8) is 0 Å². The maximum atomic E-state index is 13.2. The molecule has 0 amide bonds. The molecule has 4 rings (SSSR count). The molecule has 2 aromatic carbocycles. The largest absolute Gasteiger partial charge is 0.416 e. The molecular formula is C20H18F3N3O2S. The first kappa shape index (κ1) is 19.7. The van der Waals surface area contributed by atoms with Crippen LogP contribution in [0.3, 0.4) is 0 Å². The van der Waals surface area contributed by atoms with Gasteiger partial charge in [-0.2, -0.15) is 22.6 Å². The molecule has 152 valence electrons.